The van der Waals surface area contributed by atoms with E-state index in [-0.39, 0.29) is 36.2 Å². The van der Waals surface area contributed by atoms with E-state index < -0.39 is 10.7 Å². The standard InChI is InChI=1S/C21H19N3O6/c1-13(18-11-14-5-2-3-6-17(14)29-18)22-20(25)7-4-10-23-16-9-8-15(24(27)28)12-19(16)30-21(23)26/h2-3,5-6,8-9,11-13H,4,7,10H2,1H3,(H,22,25)/t13-/m1/s1. The number of hydrogen-bond donors (Lipinski definition) is 1. The molecule has 0 aliphatic heterocycles. The lowest BCUT2D eigenvalue weighted by atomic mass is 10.2. The zero-order chi connectivity index (χ0) is 21.3. The van der Waals surface area contributed by atoms with Crippen LogP contribution in [-0.2, 0) is 11.3 Å². The molecule has 0 unspecified atom stereocenters. The van der Waals surface area contributed by atoms with E-state index in [1.807, 2.05) is 37.3 Å². The van der Waals surface area contributed by atoms with Gasteiger partial charge in [-0.05, 0) is 31.5 Å². The van der Waals surface area contributed by atoms with Gasteiger partial charge in [0.25, 0.3) is 5.69 Å². The summed E-state index contributed by atoms with van der Waals surface area (Å²) in [6, 6.07) is 13.2. The van der Waals surface area contributed by atoms with E-state index in [4.69, 9.17) is 8.83 Å². The molecule has 30 heavy (non-hydrogen) atoms. The van der Waals surface area contributed by atoms with Crippen LogP contribution in [0.15, 0.2) is 62.2 Å². The molecule has 4 rings (SSSR count). The van der Waals surface area contributed by atoms with Gasteiger partial charge < -0.3 is 14.2 Å². The molecule has 0 bridgehead atoms. The first-order chi connectivity index (χ1) is 14.4. The van der Waals surface area contributed by atoms with E-state index >= 15 is 0 Å². The van der Waals surface area contributed by atoms with Gasteiger partial charge in [-0.1, -0.05) is 18.2 Å². The van der Waals surface area contributed by atoms with Crippen LogP contribution in [-0.4, -0.2) is 15.4 Å². The first kappa shape index (κ1) is 19.4. The number of oxazole rings is 1. The summed E-state index contributed by atoms with van der Waals surface area (Å²) < 4.78 is 12.2. The normalized spacial score (nSPS) is 12.3. The maximum Gasteiger partial charge on any atom is 0.419 e. The highest BCUT2D eigenvalue weighted by atomic mass is 16.6. The molecule has 0 fully saturated rings. The summed E-state index contributed by atoms with van der Waals surface area (Å²) in [5.41, 5.74) is 1.22. The first-order valence-corrected chi connectivity index (χ1v) is 9.48. The highest BCUT2D eigenvalue weighted by Crippen LogP contribution is 2.24. The quantitative estimate of drug-likeness (QED) is 0.365. The molecule has 2 heterocycles. The molecule has 9 heteroatoms. The topological polar surface area (TPSA) is 121 Å². The Morgan fingerprint density at radius 1 is 1.17 bits per heavy atom. The van der Waals surface area contributed by atoms with Crippen LogP contribution in [0.4, 0.5) is 5.69 Å². The monoisotopic (exact) mass is 409 g/mol. The van der Waals surface area contributed by atoms with E-state index in [0.717, 1.165) is 11.0 Å². The highest BCUT2D eigenvalue weighted by Gasteiger charge is 2.16. The largest absolute Gasteiger partial charge is 0.459 e. The molecule has 0 radical (unpaired) electrons. The van der Waals surface area contributed by atoms with Crippen molar-refractivity contribution in [2.45, 2.75) is 32.4 Å². The van der Waals surface area contributed by atoms with Gasteiger partial charge in [0.2, 0.25) is 5.91 Å². The van der Waals surface area contributed by atoms with Crippen molar-refractivity contribution in [3.63, 3.8) is 0 Å². The number of nitrogens with one attached hydrogen (secondary N) is 1. The second-order valence-electron chi connectivity index (χ2n) is 7.01. The van der Waals surface area contributed by atoms with Crippen molar-refractivity contribution in [2.24, 2.45) is 0 Å². The second kappa shape index (κ2) is 7.86. The van der Waals surface area contributed by atoms with Crippen LogP contribution >= 0.6 is 0 Å². The third-order valence-corrected chi connectivity index (χ3v) is 4.90. The van der Waals surface area contributed by atoms with Crippen molar-refractivity contribution in [2.75, 3.05) is 0 Å². The fraction of sp³-hybridized carbons (Fsp3) is 0.238. The lowest BCUT2D eigenvalue weighted by molar-refractivity contribution is -0.384. The van der Waals surface area contributed by atoms with Gasteiger partial charge in [-0.15, -0.1) is 0 Å². The third-order valence-electron chi connectivity index (χ3n) is 4.90. The van der Waals surface area contributed by atoms with Crippen molar-refractivity contribution in [1.29, 1.82) is 0 Å². The van der Waals surface area contributed by atoms with Crippen LogP contribution in [0.25, 0.3) is 22.1 Å². The molecule has 0 aliphatic carbocycles. The smallest absolute Gasteiger partial charge is 0.419 e. The van der Waals surface area contributed by atoms with E-state index in [2.05, 4.69) is 5.32 Å². The Kier molecular flexibility index (Phi) is 5.09. The predicted octanol–water partition coefficient (Wildman–Crippen LogP) is 3.91. The molecule has 0 spiro atoms. The van der Waals surface area contributed by atoms with Gasteiger partial charge in [0.05, 0.1) is 22.5 Å². The van der Waals surface area contributed by atoms with Crippen molar-refractivity contribution >= 4 is 33.7 Å². The second-order valence-corrected chi connectivity index (χ2v) is 7.01. The number of furan rings is 1. The molecular formula is C21H19N3O6. The summed E-state index contributed by atoms with van der Waals surface area (Å²) >= 11 is 0. The van der Waals surface area contributed by atoms with Crippen LogP contribution in [0.1, 0.15) is 31.6 Å². The third kappa shape index (κ3) is 3.82. The number of benzene rings is 2. The Morgan fingerprint density at radius 2 is 1.97 bits per heavy atom. The minimum Gasteiger partial charge on any atom is -0.459 e. The number of amides is 1. The van der Waals surface area contributed by atoms with Gasteiger partial charge in [-0.25, -0.2) is 4.79 Å². The molecule has 154 valence electrons. The Balaban J connectivity index is 1.37. The van der Waals surface area contributed by atoms with Gasteiger partial charge in [-0.2, -0.15) is 0 Å². The summed E-state index contributed by atoms with van der Waals surface area (Å²) in [5.74, 6) is -0.107. The van der Waals surface area contributed by atoms with Crippen LogP contribution in [0, 0.1) is 10.1 Å². The van der Waals surface area contributed by atoms with Crippen molar-refractivity contribution in [3.05, 3.63) is 75.0 Å². The van der Waals surface area contributed by atoms with E-state index in [1.165, 1.54) is 22.8 Å². The average molecular weight is 409 g/mol. The zero-order valence-electron chi connectivity index (χ0n) is 16.2. The van der Waals surface area contributed by atoms with E-state index in [9.17, 15) is 19.7 Å². The van der Waals surface area contributed by atoms with Gasteiger partial charge in [0, 0.05) is 24.4 Å². The number of carbonyl (C=O) groups excluding carboxylic acids is 1. The molecule has 0 saturated heterocycles. The van der Waals surface area contributed by atoms with Gasteiger partial charge >= 0.3 is 5.76 Å². The fourth-order valence-corrected chi connectivity index (χ4v) is 3.38. The molecule has 0 saturated carbocycles. The van der Waals surface area contributed by atoms with E-state index in [0.29, 0.717) is 17.7 Å². The number of fused-ring (bicyclic) bond motifs is 2. The Bertz CT molecular complexity index is 1270. The highest BCUT2D eigenvalue weighted by molar-refractivity contribution is 5.79. The van der Waals surface area contributed by atoms with E-state index in [1.54, 1.807) is 0 Å². The number of rotatable bonds is 7. The molecule has 0 aliphatic rings. The van der Waals surface area contributed by atoms with Crippen molar-refractivity contribution in [3.8, 4) is 0 Å². The number of nitrogens with zero attached hydrogens (tertiary/aromatic N) is 2. The summed E-state index contributed by atoms with van der Waals surface area (Å²) in [7, 11) is 0. The van der Waals surface area contributed by atoms with Crippen LogP contribution < -0.4 is 11.1 Å². The van der Waals surface area contributed by atoms with Crippen LogP contribution in [0.3, 0.4) is 0 Å². The molecule has 4 aromatic rings. The molecule has 1 N–H and O–H groups in total. The van der Waals surface area contributed by atoms with Crippen LogP contribution in [0.2, 0.25) is 0 Å². The minimum absolute atomic E-state index is 0.150. The Morgan fingerprint density at radius 3 is 2.73 bits per heavy atom. The number of para-hydroxylation sites is 1. The molecule has 1 amide bonds. The number of hydrogen-bond acceptors (Lipinski definition) is 6. The molecule has 1 atom stereocenters. The number of non-ortho nitro benzene ring substituents is 1. The van der Waals surface area contributed by atoms with Gasteiger partial charge in [-0.3, -0.25) is 19.5 Å². The molecular weight excluding hydrogens is 390 g/mol. The maximum atomic E-state index is 12.3. The van der Waals surface area contributed by atoms with Gasteiger partial charge in [0.1, 0.15) is 11.3 Å². The van der Waals surface area contributed by atoms with Crippen molar-refractivity contribution in [1.82, 2.24) is 9.88 Å². The van der Waals surface area contributed by atoms with Crippen molar-refractivity contribution < 1.29 is 18.6 Å². The van der Waals surface area contributed by atoms with Gasteiger partial charge in [0.15, 0.2) is 5.58 Å². The minimum atomic E-state index is -0.610. The number of carbonyl (C=O) groups is 1. The Labute approximate surface area is 170 Å². The Hall–Kier alpha value is -3.88. The summed E-state index contributed by atoms with van der Waals surface area (Å²) in [6.45, 7) is 2.10. The number of nitro benzene ring substituents is 1. The zero-order valence-corrected chi connectivity index (χ0v) is 16.2. The SMILES string of the molecule is C[C@@H](NC(=O)CCCn1c(=O)oc2cc([N+](=O)[O-])ccc21)c1cc2ccccc2o1. The maximum absolute atomic E-state index is 12.3. The summed E-state index contributed by atoms with van der Waals surface area (Å²) in [4.78, 5) is 34.7. The number of nitro groups is 1. The summed E-state index contributed by atoms with van der Waals surface area (Å²) in [5, 5.41) is 14.7. The fourth-order valence-electron chi connectivity index (χ4n) is 3.38. The first-order valence-electron chi connectivity index (χ1n) is 9.48. The molecule has 9 nitrogen and oxygen atoms in total. The number of aryl methyl sites for hydroxylation is 1. The molecule has 2 aromatic heterocycles. The summed E-state index contributed by atoms with van der Waals surface area (Å²) in [6.07, 6.45) is 0.612. The lowest BCUT2D eigenvalue weighted by Crippen LogP contribution is -2.26. The number of aromatic nitrogens is 1. The molecule has 2 aromatic carbocycles. The average Bonchev–Trinajstić information content (AvgIpc) is 3.28. The predicted molar refractivity (Wildman–Crippen MR) is 109 cm³/mol. The lowest BCUT2D eigenvalue weighted by Gasteiger charge is -2.11. The van der Waals surface area contributed by atoms with Crippen LogP contribution in [0.5, 0.6) is 0 Å².